The number of thiocarbonyl (C=S) groups is 1. The number of ether oxygens (including phenoxy) is 1. The van der Waals surface area contributed by atoms with E-state index in [1.165, 1.54) is 10.7 Å². The van der Waals surface area contributed by atoms with Crippen molar-refractivity contribution in [3.63, 3.8) is 0 Å². The third kappa shape index (κ3) is 3.68. The first kappa shape index (κ1) is 13.8. The molecule has 6 nitrogen and oxygen atoms in total. The van der Waals surface area contributed by atoms with E-state index in [4.69, 9.17) is 22.7 Å². The summed E-state index contributed by atoms with van der Waals surface area (Å²) in [6.45, 7) is 3.25. The van der Waals surface area contributed by atoms with Crippen molar-refractivity contribution in [1.82, 2.24) is 9.99 Å². The number of hydrogen-bond acceptors (Lipinski definition) is 4. The van der Waals surface area contributed by atoms with Crippen molar-refractivity contribution in [3.8, 4) is 0 Å². The molecule has 4 N–H and O–H groups in total. The fraction of sp³-hybridized carbons (Fsp3) is 0.500. The first-order valence-corrected chi connectivity index (χ1v) is 6.63. The Balaban J connectivity index is 1.93. The zero-order chi connectivity index (χ0) is 13.8. The van der Waals surface area contributed by atoms with Gasteiger partial charge in [-0.2, -0.15) is 0 Å². The number of nitrogens with one attached hydrogen (secondary N) is 2. The van der Waals surface area contributed by atoms with Crippen LogP contribution in [0.2, 0.25) is 0 Å². The zero-order valence-electron chi connectivity index (χ0n) is 10.8. The molecule has 1 unspecified atom stereocenters. The molecule has 7 heteroatoms. The van der Waals surface area contributed by atoms with E-state index in [9.17, 15) is 4.79 Å². The number of aromatic nitrogens is 1. The lowest BCUT2D eigenvalue weighted by atomic mass is 10.2. The van der Waals surface area contributed by atoms with E-state index in [0.717, 1.165) is 25.0 Å². The second-order valence-corrected chi connectivity index (χ2v) is 5.00. The molecule has 0 aromatic carbocycles. The minimum Gasteiger partial charge on any atom is -0.384 e. The molecule has 2 rings (SSSR count). The lowest BCUT2D eigenvalue weighted by Gasteiger charge is -2.16. The molecule has 104 valence electrons. The van der Waals surface area contributed by atoms with Gasteiger partial charge in [-0.15, -0.1) is 0 Å². The first-order chi connectivity index (χ1) is 9.06. The summed E-state index contributed by atoms with van der Waals surface area (Å²) in [6, 6.07) is 3.20. The normalized spacial score (nSPS) is 18.3. The molecule has 1 aliphatic rings. The molecule has 0 spiro atoms. The van der Waals surface area contributed by atoms with Crippen molar-refractivity contribution < 1.29 is 4.74 Å². The van der Waals surface area contributed by atoms with Crippen molar-refractivity contribution in [2.75, 3.05) is 24.3 Å². The van der Waals surface area contributed by atoms with Crippen LogP contribution in [0.4, 0.5) is 5.82 Å². The Morgan fingerprint density at radius 2 is 2.42 bits per heavy atom. The van der Waals surface area contributed by atoms with Gasteiger partial charge in [-0.3, -0.25) is 10.2 Å². The molecule has 1 fully saturated rings. The van der Waals surface area contributed by atoms with Gasteiger partial charge in [0.2, 0.25) is 0 Å². The van der Waals surface area contributed by atoms with Crippen LogP contribution in [0.1, 0.15) is 18.4 Å². The number of nitrogen functional groups attached to an aromatic ring is 1. The van der Waals surface area contributed by atoms with Gasteiger partial charge in [0.15, 0.2) is 5.11 Å². The van der Waals surface area contributed by atoms with E-state index in [-0.39, 0.29) is 11.7 Å². The summed E-state index contributed by atoms with van der Waals surface area (Å²) in [5.41, 5.74) is 9.13. The van der Waals surface area contributed by atoms with E-state index < -0.39 is 0 Å². The molecular formula is C12H18N4O2S. The maximum absolute atomic E-state index is 11.8. The van der Waals surface area contributed by atoms with Crippen molar-refractivity contribution in [2.45, 2.75) is 25.9 Å². The van der Waals surface area contributed by atoms with Gasteiger partial charge in [-0.1, -0.05) is 0 Å². The summed E-state index contributed by atoms with van der Waals surface area (Å²) in [5.74, 6) is 0.325. The Hall–Kier alpha value is -1.60. The Morgan fingerprint density at radius 1 is 1.63 bits per heavy atom. The molecule has 2 heterocycles. The maximum Gasteiger partial charge on any atom is 0.271 e. The van der Waals surface area contributed by atoms with Gasteiger partial charge in [0, 0.05) is 19.2 Å². The van der Waals surface area contributed by atoms with Gasteiger partial charge < -0.3 is 15.8 Å². The Morgan fingerprint density at radius 3 is 3.05 bits per heavy atom. The van der Waals surface area contributed by atoms with Crippen LogP contribution in [0.15, 0.2) is 16.9 Å². The summed E-state index contributed by atoms with van der Waals surface area (Å²) >= 11 is 5.13. The molecule has 0 aliphatic carbocycles. The maximum atomic E-state index is 11.8. The number of nitrogens with zero attached hydrogens (tertiary/aromatic N) is 1. The fourth-order valence-electron chi connectivity index (χ4n) is 2.00. The summed E-state index contributed by atoms with van der Waals surface area (Å²) in [4.78, 5) is 11.8. The third-order valence-electron chi connectivity index (χ3n) is 2.93. The Labute approximate surface area is 116 Å². The molecule has 0 radical (unpaired) electrons. The van der Waals surface area contributed by atoms with Gasteiger partial charge in [-0.05, 0) is 43.6 Å². The number of nitrogens with two attached hydrogens (primary N) is 1. The van der Waals surface area contributed by atoms with Gasteiger partial charge in [-0.25, -0.2) is 4.68 Å². The minimum atomic E-state index is -0.237. The van der Waals surface area contributed by atoms with E-state index >= 15 is 0 Å². The summed E-state index contributed by atoms with van der Waals surface area (Å²) in [7, 11) is 0. The highest BCUT2D eigenvalue weighted by atomic mass is 32.1. The number of rotatable bonds is 3. The molecule has 1 saturated heterocycles. The highest BCUT2D eigenvalue weighted by molar-refractivity contribution is 7.80. The minimum absolute atomic E-state index is 0.187. The summed E-state index contributed by atoms with van der Waals surface area (Å²) < 4.78 is 6.69. The van der Waals surface area contributed by atoms with Crippen molar-refractivity contribution in [2.24, 2.45) is 0 Å². The van der Waals surface area contributed by atoms with Crippen LogP contribution in [0.5, 0.6) is 0 Å². The molecular weight excluding hydrogens is 264 g/mol. The lowest BCUT2D eigenvalue weighted by Crippen LogP contribution is -2.42. The topological polar surface area (TPSA) is 81.3 Å². The molecule has 19 heavy (non-hydrogen) atoms. The van der Waals surface area contributed by atoms with Gasteiger partial charge in [0.25, 0.3) is 5.56 Å². The molecule has 0 bridgehead atoms. The molecule has 1 aliphatic heterocycles. The standard InChI is InChI=1S/C12H18N4O2S/c1-8-5-10(13)16(11(17)6-8)15-12(19)14-7-9-3-2-4-18-9/h5-6,9H,2-4,7,13H2,1H3,(H2,14,15,19). The van der Waals surface area contributed by atoms with E-state index in [0.29, 0.717) is 17.5 Å². The lowest BCUT2D eigenvalue weighted by molar-refractivity contribution is 0.114. The number of hydrogen-bond donors (Lipinski definition) is 3. The van der Waals surface area contributed by atoms with Crippen LogP contribution >= 0.6 is 12.2 Å². The second kappa shape index (κ2) is 6.03. The number of aryl methyl sites for hydroxylation is 1. The highest BCUT2D eigenvalue weighted by Crippen LogP contribution is 2.10. The van der Waals surface area contributed by atoms with Crippen molar-refractivity contribution in [3.05, 3.63) is 28.0 Å². The van der Waals surface area contributed by atoms with Crippen LogP contribution in [-0.2, 0) is 4.74 Å². The quantitative estimate of drug-likeness (QED) is 0.694. The molecule has 0 amide bonds. The predicted octanol–water partition coefficient (Wildman–Crippen LogP) is 0.336. The summed E-state index contributed by atoms with van der Waals surface area (Å²) in [6.07, 6.45) is 2.30. The number of anilines is 1. The average molecular weight is 282 g/mol. The average Bonchev–Trinajstić information content (AvgIpc) is 2.84. The Kier molecular flexibility index (Phi) is 4.39. The predicted molar refractivity (Wildman–Crippen MR) is 78.8 cm³/mol. The molecule has 1 atom stereocenters. The SMILES string of the molecule is Cc1cc(N)n(NC(=S)NCC2CCCO2)c(=O)c1. The zero-order valence-corrected chi connectivity index (χ0v) is 11.6. The van der Waals surface area contributed by atoms with Crippen LogP contribution < -0.4 is 22.0 Å². The van der Waals surface area contributed by atoms with Crippen LogP contribution in [0.3, 0.4) is 0 Å². The van der Waals surface area contributed by atoms with E-state index in [1.54, 1.807) is 6.07 Å². The van der Waals surface area contributed by atoms with Crippen LogP contribution in [-0.4, -0.2) is 29.0 Å². The van der Waals surface area contributed by atoms with E-state index in [2.05, 4.69) is 10.7 Å². The Bertz CT molecular complexity index is 523. The van der Waals surface area contributed by atoms with Gasteiger partial charge >= 0.3 is 0 Å². The van der Waals surface area contributed by atoms with Gasteiger partial charge in [0.05, 0.1) is 6.10 Å². The van der Waals surface area contributed by atoms with Crippen LogP contribution in [0, 0.1) is 6.92 Å². The molecule has 1 aromatic heterocycles. The van der Waals surface area contributed by atoms with Crippen LogP contribution in [0.25, 0.3) is 0 Å². The monoisotopic (exact) mass is 282 g/mol. The smallest absolute Gasteiger partial charge is 0.271 e. The number of pyridine rings is 1. The molecule has 1 aromatic rings. The summed E-state index contributed by atoms with van der Waals surface area (Å²) in [5, 5.41) is 3.38. The van der Waals surface area contributed by atoms with Gasteiger partial charge in [0.1, 0.15) is 5.82 Å². The van der Waals surface area contributed by atoms with Crippen molar-refractivity contribution in [1.29, 1.82) is 0 Å². The van der Waals surface area contributed by atoms with Crippen molar-refractivity contribution >= 4 is 23.1 Å². The highest BCUT2D eigenvalue weighted by Gasteiger charge is 2.15. The third-order valence-corrected chi connectivity index (χ3v) is 3.17. The largest absolute Gasteiger partial charge is 0.384 e. The molecule has 0 saturated carbocycles. The first-order valence-electron chi connectivity index (χ1n) is 6.22. The second-order valence-electron chi connectivity index (χ2n) is 4.59. The van der Waals surface area contributed by atoms with E-state index in [1.807, 2.05) is 6.92 Å². The fourth-order valence-corrected chi connectivity index (χ4v) is 2.17.